The number of nitrogens with zero attached hydrogens (tertiary/aromatic N) is 3. The van der Waals surface area contributed by atoms with Crippen molar-refractivity contribution in [2.45, 2.75) is 17.6 Å². The number of sulfonamides is 1. The van der Waals surface area contributed by atoms with Crippen LogP contribution in [0.4, 0.5) is 5.69 Å². The Morgan fingerprint density at radius 1 is 1.23 bits per heavy atom. The number of hydrogen-bond donors (Lipinski definition) is 1. The van der Waals surface area contributed by atoms with Gasteiger partial charge in [0.25, 0.3) is 10.0 Å². The summed E-state index contributed by atoms with van der Waals surface area (Å²) in [4.78, 5) is 18.1. The minimum absolute atomic E-state index is 0.114. The highest BCUT2D eigenvalue weighted by molar-refractivity contribution is 7.94. The van der Waals surface area contributed by atoms with Crippen molar-refractivity contribution in [3.05, 3.63) is 47.2 Å². The first-order chi connectivity index (χ1) is 14.5. The molecule has 158 valence electrons. The van der Waals surface area contributed by atoms with E-state index in [0.717, 1.165) is 23.3 Å². The zero-order chi connectivity index (χ0) is 21.1. The largest absolute Gasteiger partial charge is 0.378 e. The predicted molar refractivity (Wildman–Crippen MR) is 111 cm³/mol. The number of nitrogens with one attached hydrogen (secondary N) is 1. The van der Waals surface area contributed by atoms with E-state index in [1.54, 1.807) is 22.4 Å². The first kappa shape index (κ1) is 20.5. The number of hydrogen-bond acceptors (Lipinski definition) is 8. The highest BCUT2D eigenvalue weighted by Crippen LogP contribution is 2.28. The average molecular weight is 449 g/mol. The van der Waals surface area contributed by atoms with E-state index in [-0.39, 0.29) is 21.8 Å². The minimum atomic E-state index is -3.75. The molecule has 1 aromatic carbocycles. The normalized spacial score (nSPS) is 14.6. The van der Waals surface area contributed by atoms with Gasteiger partial charge in [0.1, 0.15) is 4.21 Å². The van der Waals surface area contributed by atoms with Crippen molar-refractivity contribution in [1.82, 2.24) is 15.0 Å². The van der Waals surface area contributed by atoms with E-state index in [4.69, 9.17) is 9.26 Å². The second kappa shape index (κ2) is 8.54. The number of ether oxygens (including phenoxy) is 1. The van der Waals surface area contributed by atoms with Crippen LogP contribution in [0.5, 0.6) is 0 Å². The molecule has 1 N–H and O–H groups in total. The molecule has 0 atom stereocenters. The van der Waals surface area contributed by atoms with Crippen LogP contribution in [0.3, 0.4) is 0 Å². The highest BCUT2D eigenvalue weighted by atomic mass is 32.2. The van der Waals surface area contributed by atoms with Crippen molar-refractivity contribution in [3.63, 3.8) is 0 Å². The maximum atomic E-state index is 12.7. The molecule has 1 aliphatic rings. The molecule has 11 heteroatoms. The molecule has 0 radical (unpaired) electrons. The first-order valence-electron chi connectivity index (χ1n) is 9.37. The van der Waals surface area contributed by atoms with Gasteiger partial charge in [0, 0.05) is 29.7 Å². The van der Waals surface area contributed by atoms with Gasteiger partial charge in [0.15, 0.2) is 0 Å². The lowest BCUT2D eigenvalue weighted by molar-refractivity contribution is 0.0272. The third kappa shape index (κ3) is 4.37. The quantitative estimate of drug-likeness (QED) is 0.616. The number of carbonyl (C=O) groups excluding carboxylic acids is 1. The van der Waals surface area contributed by atoms with Crippen molar-refractivity contribution in [2.24, 2.45) is 0 Å². The van der Waals surface area contributed by atoms with Crippen LogP contribution in [0.2, 0.25) is 0 Å². The van der Waals surface area contributed by atoms with Gasteiger partial charge in [0.05, 0.1) is 13.2 Å². The lowest BCUT2D eigenvalue weighted by Gasteiger charge is -2.25. The molecule has 3 aromatic rings. The van der Waals surface area contributed by atoms with Gasteiger partial charge < -0.3 is 14.2 Å². The summed E-state index contributed by atoms with van der Waals surface area (Å²) in [6.07, 6.45) is 0.877. The molecule has 0 unspecified atom stereocenters. The molecule has 1 aliphatic heterocycles. The van der Waals surface area contributed by atoms with Crippen molar-refractivity contribution >= 4 is 33.0 Å². The van der Waals surface area contributed by atoms with Crippen LogP contribution < -0.4 is 4.72 Å². The molecule has 1 amide bonds. The number of amides is 1. The molecule has 4 rings (SSSR count). The van der Waals surface area contributed by atoms with Crippen molar-refractivity contribution < 1.29 is 22.5 Å². The van der Waals surface area contributed by atoms with Crippen LogP contribution in [-0.4, -0.2) is 55.7 Å². The topological polar surface area (TPSA) is 115 Å². The molecule has 0 saturated carbocycles. The fraction of sp³-hybridized carbons (Fsp3) is 0.316. The van der Waals surface area contributed by atoms with Gasteiger partial charge in [-0.1, -0.05) is 24.2 Å². The Hall–Kier alpha value is -2.76. The second-order valence-electron chi connectivity index (χ2n) is 6.64. The van der Waals surface area contributed by atoms with E-state index < -0.39 is 10.0 Å². The van der Waals surface area contributed by atoms with Gasteiger partial charge in [-0.05, 0) is 30.2 Å². The van der Waals surface area contributed by atoms with Gasteiger partial charge in [-0.3, -0.25) is 9.52 Å². The number of carbonyl (C=O) groups is 1. The maximum absolute atomic E-state index is 12.7. The molecule has 2 aromatic heterocycles. The molecule has 9 nitrogen and oxygen atoms in total. The van der Waals surface area contributed by atoms with E-state index in [1.807, 2.05) is 19.1 Å². The number of morpholine rings is 1. The zero-order valence-corrected chi connectivity index (χ0v) is 17.8. The molecule has 30 heavy (non-hydrogen) atoms. The Balaban J connectivity index is 1.49. The monoisotopic (exact) mass is 448 g/mol. The molecule has 3 heterocycles. The van der Waals surface area contributed by atoms with E-state index in [9.17, 15) is 13.2 Å². The van der Waals surface area contributed by atoms with Crippen LogP contribution >= 0.6 is 11.3 Å². The van der Waals surface area contributed by atoms with E-state index in [2.05, 4.69) is 14.9 Å². The van der Waals surface area contributed by atoms with E-state index in [1.165, 1.54) is 6.07 Å². The summed E-state index contributed by atoms with van der Waals surface area (Å²) < 4.78 is 38.4. The van der Waals surface area contributed by atoms with Crippen LogP contribution in [0.1, 0.15) is 23.2 Å². The number of rotatable bonds is 6. The van der Waals surface area contributed by atoms with Crippen molar-refractivity contribution in [2.75, 3.05) is 31.0 Å². The molecule has 0 aliphatic carbocycles. The number of thiophene rings is 1. The standard InChI is InChI=1S/C19H20N4O5S2/c1-2-13-3-5-15(6-4-13)22-30(25,26)16-11-14(12-29-16)17-20-18(28-21-17)19(24)23-7-9-27-10-8-23/h3-6,11-12,22H,2,7-10H2,1H3. The summed E-state index contributed by atoms with van der Waals surface area (Å²) in [6, 6.07) is 8.68. The summed E-state index contributed by atoms with van der Waals surface area (Å²) in [6.45, 7) is 3.88. The van der Waals surface area contributed by atoms with Crippen molar-refractivity contribution in [1.29, 1.82) is 0 Å². The predicted octanol–water partition coefficient (Wildman–Crippen LogP) is 2.63. The molecular weight excluding hydrogens is 428 g/mol. The smallest absolute Gasteiger partial charge is 0.316 e. The summed E-state index contributed by atoms with van der Waals surface area (Å²) >= 11 is 1.04. The Morgan fingerprint density at radius 3 is 2.67 bits per heavy atom. The SMILES string of the molecule is CCc1ccc(NS(=O)(=O)c2cc(-c3noc(C(=O)N4CCOCC4)n3)cs2)cc1. The Morgan fingerprint density at radius 2 is 1.97 bits per heavy atom. The molecular formula is C19H20N4O5S2. The minimum Gasteiger partial charge on any atom is -0.378 e. The molecule has 1 fully saturated rings. The Labute approximate surface area is 177 Å². The lowest BCUT2D eigenvalue weighted by Crippen LogP contribution is -2.40. The number of aromatic nitrogens is 2. The molecule has 0 bridgehead atoms. The van der Waals surface area contributed by atoms with Crippen LogP contribution in [0.25, 0.3) is 11.4 Å². The Kier molecular flexibility index (Phi) is 5.84. The van der Waals surface area contributed by atoms with Gasteiger partial charge in [-0.2, -0.15) is 4.98 Å². The van der Waals surface area contributed by atoms with Gasteiger partial charge in [-0.25, -0.2) is 8.42 Å². The third-order valence-corrected chi connectivity index (χ3v) is 7.44. The fourth-order valence-corrected chi connectivity index (χ4v) is 5.13. The third-order valence-electron chi connectivity index (χ3n) is 4.62. The summed E-state index contributed by atoms with van der Waals surface area (Å²) in [5.74, 6) is -0.328. The van der Waals surface area contributed by atoms with Crippen molar-refractivity contribution in [3.8, 4) is 11.4 Å². The highest BCUT2D eigenvalue weighted by Gasteiger charge is 2.25. The average Bonchev–Trinajstić information content (AvgIpc) is 3.44. The van der Waals surface area contributed by atoms with E-state index >= 15 is 0 Å². The fourth-order valence-electron chi connectivity index (χ4n) is 2.92. The van der Waals surface area contributed by atoms with Crippen LogP contribution in [0, 0.1) is 0 Å². The number of benzene rings is 1. The van der Waals surface area contributed by atoms with Crippen LogP contribution in [-0.2, 0) is 21.2 Å². The number of aryl methyl sites for hydroxylation is 1. The van der Waals surface area contributed by atoms with Gasteiger partial charge in [-0.15, -0.1) is 11.3 Å². The summed E-state index contributed by atoms with van der Waals surface area (Å²) in [5.41, 5.74) is 2.07. The number of anilines is 1. The molecule has 1 saturated heterocycles. The summed E-state index contributed by atoms with van der Waals surface area (Å²) in [5, 5.41) is 5.44. The zero-order valence-electron chi connectivity index (χ0n) is 16.2. The van der Waals surface area contributed by atoms with E-state index in [0.29, 0.717) is 37.6 Å². The first-order valence-corrected chi connectivity index (χ1v) is 11.7. The van der Waals surface area contributed by atoms with Gasteiger partial charge >= 0.3 is 11.8 Å². The summed E-state index contributed by atoms with van der Waals surface area (Å²) in [7, 11) is -3.75. The van der Waals surface area contributed by atoms with Gasteiger partial charge in [0.2, 0.25) is 5.82 Å². The van der Waals surface area contributed by atoms with Crippen LogP contribution in [0.15, 0.2) is 44.4 Å². The lowest BCUT2D eigenvalue weighted by atomic mass is 10.2. The Bertz CT molecular complexity index is 1130. The maximum Gasteiger partial charge on any atom is 0.316 e. The second-order valence-corrected chi connectivity index (χ2v) is 9.46. The molecule has 0 spiro atoms.